The van der Waals surface area contributed by atoms with Gasteiger partial charge in [-0.25, -0.2) is 8.42 Å². The van der Waals surface area contributed by atoms with Crippen LogP contribution in [0.4, 0.5) is 0 Å². The Morgan fingerprint density at radius 2 is 1.93 bits per heavy atom. The summed E-state index contributed by atoms with van der Waals surface area (Å²) in [6, 6.07) is 6.28. The lowest BCUT2D eigenvalue weighted by Gasteiger charge is -2.38. The molecule has 1 aromatic rings. The summed E-state index contributed by atoms with van der Waals surface area (Å²) in [5.74, 6) is -1.19. The van der Waals surface area contributed by atoms with E-state index in [1.165, 1.54) is 11.4 Å². The third kappa shape index (κ3) is 3.39. The monoisotopic (exact) mass is 387 g/mol. The van der Waals surface area contributed by atoms with E-state index in [1.807, 2.05) is 13.0 Å². The predicted octanol–water partition coefficient (Wildman–Crippen LogP) is 3.09. The van der Waals surface area contributed by atoms with Crippen molar-refractivity contribution in [2.24, 2.45) is 17.8 Å². The molecule has 1 aliphatic heterocycles. The Kier molecular flexibility index (Phi) is 5.40. The van der Waals surface area contributed by atoms with E-state index >= 15 is 0 Å². The molecule has 3 rings (SSSR count). The minimum atomic E-state index is -3.78. The van der Waals surface area contributed by atoms with Crippen LogP contribution in [0.25, 0.3) is 0 Å². The number of hydrogen-bond acceptors (Lipinski definition) is 4. The van der Waals surface area contributed by atoms with E-state index in [0.29, 0.717) is 6.42 Å². The zero-order chi connectivity index (χ0) is 19.8. The van der Waals surface area contributed by atoms with Crippen molar-refractivity contribution in [2.45, 2.75) is 24.3 Å². The highest BCUT2D eigenvalue weighted by molar-refractivity contribution is 7.89. The van der Waals surface area contributed by atoms with E-state index in [1.54, 1.807) is 36.4 Å². The summed E-state index contributed by atoms with van der Waals surface area (Å²) < 4.78 is 33.3. The molecule has 0 saturated heterocycles. The van der Waals surface area contributed by atoms with Crippen LogP contribution in [0.1, 0.15) is 12.0 Å². The van der Waals surface area contributed by atoms with Crippen LogP contribution in [0.15, 0.2) is 66.1 Å². The number of esters is 1. The zero-order valence-corrected chi connectivity index (χ0v) is 16.5. The Bertz CT molecular complexity index is 885. The van der Waals surface area contributed by atoms with Crippen molar-refractivity contribution in [3.8, 4) is 0 Å². The molecule has 144 valence electrons. The first-order chi connectivity index (χ1) is 12.8. The number of ether oxygens (including phenoxy) is 1. The van der Waals surface area contributed by atoms with Gasteiger partial charge in [-0.2, -0.15) is 4.31 Å². The third-order valence-corrected chi connectivity index (χ3v) is 7.44. The van der Waals surface area contributed by atoms with Crippen LogP contribution < -0.4 is 0 Å². The van der Waals surface area contributed by atoms with Crippen molar-refractivity contribution in [1.82, 2.24) is 4.31 Å². The first kappa shape index (κ1) is 19.6. The molecular weight excluding hydrogens is 362 g/mol. The van der Waals surface area contributed by atoms with E-state index in [0.717, 1.165) is 11.1 Å². The van der Waals surface area contributed by atoms with Crippen LogP contribution in [-0.4, -0.2) is 38.4 Å². The molecule has 2 aliphatic rings. The van der Waals surface area contributed by atoms with Gasteiger partial charge in [-0.1, -0.05) is 42.5 Å². The maximum Gasteiger partial charge on any atom is 0.310 e. The van der Waals surface area contributed by atoms with Crippen molar-refractivity contribution < 1.29 is 17.9 Å². The molecule has 0 radical (unpaired) electrons. The fourth-order valence-corrected chi connectivity index (χ4v) is 5.89. The molecule has 27 heavy (non-hydrogen) atoms. The van der Waals surface area contributed by atoms with Crippen LogP contribution >= 0.6 is 0 Å². The first-order valence-electron chi connectivity index (χ1n) is 8.95. The molecule has 5 nitrogen and oxygen atoms in total. The number of benzene rings is 1. The third-order valence-electron chi connectivity index (χ3n) is 5.58. The summed E-state index contributed by atoms with van der Waals surface area (Å²) in [4.78, 5) is 12.7. The topological polar surface area (TPSA) is 63.7 Å². The van der Waals surface area contributed by atoms with Gasteiger partial charge >= 0.3 is 5.97 Å². The molecule has 0 amide bonds. The van der Waals surface area contributed by atoms with Crippen molar-refractivity contribution in [1.29, 1.82) is 0 Å². The number of fused-ring (bicyclic) bond motifs is 1. The summed E-state index contributed by atoms with van der Waals surface area (Å²) in [5, 5.41) is 0. The average Bonchev–Trinajstić information content (AvgIpc) is 3.05. The first-order valence-corrected chi connectivity index (χ1v) is 10.4. The highest BCUT2D eigenvalue weighted by Crippen LogP contribution is 2.46. The highest BCUT2D eigenvalue weighted by Gasteiger charge is 2.53. The van der Waals surface area contributed by atoms with E-state index in [4.69, 9.17) is 4.74 Å². The summed E-state index contributed by atoms with van der Waals surface area (Å²) in [6.07, 6.45) is 6.11. The normalized spacial score (nSPS) is 28.1. The van der Waals surface area contributed by atoms with Crippen LogP contribution in [0.2, 0.25) is 0 Å². The van der Waals surface area contributed by atoms with Gasteiger partial charge in [0.05, 0.1) is 17.9 Å². The van der Waals surface area contributed by atoms with Gasteiger partial charge in [0.15, 0.2) is 0 Å². The Balaban J connectivity index is 2.10. The molecule has 6 heteroatoms. The quantitative estimate of drug-likeness (QED) is 0.575. The van der Waals surface area contributed by atoms with Crippen LogP contribution in [0, 0.1) is 24.7 Å². The maximum absolute atomic E-state index is 13.4. The molecule has 0 N–H and O–H groups in total. The molecule has 1 fully saturated rings. The van der Waals surface area contributed by atoms with E-state index in [-0.39, 0.29) is 23.3 Å². The SMILES string of the molecule is C=CC1=C[C@@H]2C[C@H](C=C)[C@H](C(=O)OC)[C@@H]2N(S(=O)(=O)c2ccc(C)cc2)C1. The smallest absolute Gasteiger partial charge is 0.310 e. The van der Waals surface area contributed by atoms with E-state index < -0.39 is 28.0 Å². The minimum Gasteiger partial charge on any atom is -0.469 e. The molecule has 0 spiro atoms. The van der Waals surface area contributed by atoms with Gasteiger partial charge in [-0.05, 0) is 42.9 Å². The van der Waals surface area contributed by atoms with Crippen LogP contribution in [-0.2, 0) is 19.6 Å². The molecule has 1 saturated carbocycles. The number of methoxy groups -OCH3 is 1. The standard InChI is InChI=1S/C21H25NO4S/c1-5-15-11-17-12-16(6-2)19(21(23)26-4)20(17)22(13-15)27(24,25)18-9-7-14(3)8-10-18/h5-11,16-17,19-20H,1-2,12-13H2,3-4H3/t16-,17+,19-,20+/m0/s1. The van der Waals surface area contributed by atoms with Gasteiger partial charge in [0.2, 0.25) is 10.0 Å². The van der Waals surface area contributed by atoms with Crippen LogP contribution in [0.3, 0.4) is 0 Å². The summed E-state index contributed by atoms with van der Waals surface area (Å²) in [6.45, 7) is 9.75. The Labute approximate surface area is 161 Å². The molecule has 1 aliphatic carbocycles. The second kappa shape index (κ2) is 7.44. The van der Waals surface area contributed by atoms with Crippen LogP contribution in [0.5, 0.6) is 0 Å². The fraction of sp³-hybridized carbons (Fsp3) is 0.381. The lowest BCUT2D eigenvalue weighted by molar-refractivity contribution is -0.147. The molecular formula is C21H25NO4S. The molecule has 0 unspecified atom stereocenters. The number of sulfonamides is 1. The number of allylic oxidation sites excluding steroid dienone is 1. The van der Waals surface area contributed by atoms with Gasteiger partial charge in [-0.3, -0.25) is 4.79 Å². The van der Waals surface area contributed by atoms with Gasteiger partial charge in [-0.15, -0.1) is 6.58 Å². The Hall–Kier alpha value is -2.18. The summed E-state index contributed by atoms with van der Waals surface area (Å²) in [7, 11) is -2.44. The molecule has 1 aromatic carbocycles. The number of carbonyl (C=O) groups excluding carboxylic acids is 1. The second-order valence-electron chi connectivity index (χ2n) is 7.15. The van der Waals surface area contributed by atoms with Crippen molar-refractivity contribution >= 4 is 16.0 Å². The fourth-order valence-electron chi connectivity index (χ4n) is 4.21. The Morgan fingerprint density at radius 3 is 2.48 bits per heavy atom. The van der Waals surface area contributed by atoms with Gasteiger partial charge in [0, 0.05) is 12.6 Å². The lowest BCUT2D eigenvalue weighted by Crippen LogP contribution is -2.50. The summed E-state index contributed by atoms with van der Waals surface area (Å²) in [5.41, 5.74) is 1.83. The summed E-state index contributed by atoms with van der Waals surface area (Å²) >= 11 is 0. The molecule has 1 heterocycles. The number of hydrogen-bond donors (Lipinski definition) is 0. The average molecular weight is 388 g/mol. The van der Waals surface area contributed by atoms with Crippen molar-refractivity contribution in [3.05, 3.63) is 66.8 Å². The van der Waals surface area contributed by atoms with Crippen molar-refractivity contribution in [2.75, 3.05) is 13.7 Å². The van der Waals surface area contributed by atoms with Crippen molar-refractivity contribution in [3.63, 3.8) is 0 Å². The number of carbonyl (C=O) groups is 1. The Morgan fingerprint density at radius 1 is 1.26 bits per heavy atom. The number of aryl methyl sites for hydroxylation is 1. The van der Waals surface area contributed by atoms with Gasteiger partial charge in [0.1, 0.15) is 0 Å². The lowest BCUT2D eigenvalue weighted by atomic mass is 9.90. The number of nitrogens with zero attached hydrogens (tertiary/aromatic N) is 1. The predicted molar refractivity (Wildman–Crippen MR) is 104 cm³/mol. The minimum absolute atomic E-state index is 0.0842. The van der Waals surface area contributed by atoms with E-state index in [9.17, 15) is 13.2 Å². The molecule has 0 bridgehead atoms. The maximum atomic E-state index is 13.4. The zero-order valence-electron chi connectivity index (χ0n) is 15.7. The number of rotatable bonds is 5. The highest BCUT2D eigenvalue weighted by atomic mass is 32.2. The van der Waals surface area contributed by atoms with E-state index in [2.05, 4.69) is 13.2 Å². The molecule has 4 atom stereocenters. The second-order valence-corrected chi connectivity index (χ2v) is 9.04. The molecule has 0 aromatic heterocycles. The van der Waals surface area contributed by atoms with Gasteiger partial charge < -0.3 is 4.74 Å². The van der Waals surface area contributed by atoms with Gasteiger partial charge in [0.25, 0.3) is 0 Å². The largest absolute Gasteiger partial charge is 0.469 e.